The summed E-state index contributed by atoms with van der Waals surface area (Å²) in [5, 5.41) is 4.11. The molecule has 0 aliphatic heterocycles. The lowest BCUT2D eigenvalue weighted by Gasteiger charge is -2.05. The van der Waals surface area contributed by atoms with E-state index in [9.17, 15) is 4.39 Å². The number of benzene rings is 1. The SMILES string of the molecule is Cc1cn(-c2cccc(F)c2C)nc1N. The Bertz CT molecular complexity index is 483. The van der Waals surface area contributed by atoms with E-state index in [1.165, 1.54) is 6.07 Å². The summed E-state index contributed by atoms with van der Waals surface area (Å²) in [5.74, 6) is 0.234. The highest BCUT2D eigenvalue weighted by atomic mass is 19.1. The molecule has 0 saturated carbocycles. The Kier molecular flexibility index (Phi) is 2.19. The number of aryl methyl sites for hydroxylation is 1. The van der Waals surface area contributed by atoms with Crippen LogP contribution in [-0.4, -0.2) is 9.78 Å². The van der Waals surface area contributed by atoms with E-state index in [0.29, 0.717) is 11.4 Å². The smallest absolute Gasteiger partial charge is 0.148 e. The van der Waals surface area contributed by atoms with Crippen LogP contribution in [0.1, 0.15) is 11.1 Å². The summed E-state index contributed by atoms with van der Waals surface area (Å²) in [4.78, 5) is 0. The van der Waals surface area contributed by atoms with Crippen LogP contribution in [0, 0.1) is 19.7 Å². The van der Waals surface area contributed by atoms with Crippen LogP contribution >= 0.6 is 0 Å². The third-order valence-electron chi connectivity index (χ3n) is 2.42. The molecule has 15 heavy (non-hydrogen) atoms. The molecule has 3 nitrogen and oxygen atoms in total. The fraction of sp³-hybridized carbons (Fsp3) is 0.182. The zero-order valence-electron chi connectivity index (χ0n) is 8.66. The van der Waals surface area contributed by atoms with Crippen LogP contribution in [0.4, 0.5) is 10.2 Å². The van der Waals surface area contributed by atoms with E-state index in [-0.39, 0.29) is 5.82 Å². The van der Waals surface area contributed by atoms with Crippen molar-refractivity contribution in [3.63, 3.8) is 0 Å². The van der Waals surface area contributed by atoms with Crippen LogP contribution in [0.25, 0.3) is 5.69 Å². The fourth-order valence-electron chi connectivity index (χ4n) is 1.44. The summed E-state index contributed by atoms with van der Waals surface area (Å²) in [5.41, 5.74) is 7.81. The molecule has 2 aromatic rings. The van der Waals surface area contributed by atoms with E-state index in [2.05, 4.69) is 5.10 Å². The van der Waals surface area contributed by atoms with Gasteiger partial charge in [0.25, 0.3) is 0 Å². The van der Waals surface area contributed by atoms with E-state index in [1.54, 1.807) is 23.9 Å². The molecule has 2 N–H and O–H groups in total. The predicted octanol–water partition coefficient (Wildman–Crippen LogP) is 2.21. The molecular weight excluding hydrogens is 193 g/mol. The summed E-state index contributed by atoms with van der Waals surface area (Å²) in [6.45, 7) is 3.59. The van der Waals surface area contributed by atoms with Crippen LogP contribution < -0.4 is 5.73 Å². The van der Waals surface area contributed by atoms with Gasteiger partial charge in [-0.25, -0.2) is 9.07 Å². The second kappa shape index (κ2) is 3.38. The highest BCUT2D eigenvalue weighted by Crippen LogP contribution is 2.18. The molecule has 0 saturated heterocycles. The number of aromatic nitrogens is 2. The minimum atomic E-state index is -0.237. The lowest BCUT2D eigenvalue weighted by molar-refractivity contribution is 0.615. The van der Waals surface area contributed by atoms with Crippen molar-refractivity contribution >= 4 is 5.82 Å². The number of rotatable bonds is 1. The average Bonchev–Trinajstić information content (AvgIpc) is 2.51. The van der Waals surface area contributed by atoms with Gasteiger partial charge >= 0.3 is 0 Å². The fourth-order valence-corrected chi connectivity index (χ4v) is 1.44. The summed E-state index contributed by atoms with van der Waals surface area (Å²) in [7, 11) is 0. The van der Waals surface area contributed by atoms with Gasteiger partial charge in [-0.05, 0) is 26.0 Å². The van der Waals surface area contributed by atoms with Crippen molar-refractivity contribution in [2.75, 3.05) is 5.73 Å². The first-order valence-electron chi connectivity index (χ1n) is 4.67. The summed E-state index contributed by atoms with van der Waals surface area (Å²) in [6.07, 6.45) is 1.79. The molecule has 1 heterocycles. The number of nitrogens with two attached hydrogens (primary N) is 1. The minimum Gasteiger partial charge on any atom is -0.382 e. The van der Waals surface area contributed by atoms with E-state index in [1.807, 2.05) is 13.0 Å². The lowest BCUT2D eigenvalue weighted by atomic mass is 10.2. The highest BCUT2D eigenvalue weighted by Gasteiger charge is 2.07. The molecule has 1 aromatic heterocycles. The standard InChI is InChI=1S/C11H12FN3/c1-7-6-15(14-11(7)13)10-5-3-4-9(12)8(10)2/h3-6H,1-2H3,(H2,13,14). The molecule has 0 atom stereocenters. The molecular formula is C11H12FN3. The zero-order valence-corrected chi connectivity index (χ0v) is 8.66. The van der Waals surface area contributed by atoms with Crippen LogP contribution in [0.15, 0.2) is 24.4 Å². The van der Waals surface area contributed by atoms with Gasteiger partial charge in [0.2, 0.25) is 0 Å². The number of halogens is 1. The molecule has 4 heteroatoms. The van der Waals surface area contributed by atoms with Crippen molar-refractivity contribution in [2.45, 2.75) is 13.8 Å². The van der Waals surface area contributed by atoms with Crippen molar-refractivity contribution in [3.05, 3.63) is 41.3 Å². The monoisotopic (exact) mass is 205 g/mol. The second-order valence-electron chi connectivity index (χ2n) is 3.53. The Morgan fingerprint density at radius 3 is 2.67 bits per heavy atom. The first-order valence-corrected chi connectivity index (χ1v) is 4.67. The molecule has 78 valence electrons. The molecule has 0 radical (unpaired) electrons. The topological polar surface area (TPSA) is 43.8 Å². The van der Waals surface area contributed by atoms with Gasteiger partial charge in [-0.15, -0.1) is 0 Å². The number of hydrogen-bond donors (Lipinski definition) is 1. The first kappa shape index (κ1) is 9.71. The minimum absolute atomic E-state index is 0.237. The van der Waals surface area contributed by atoms with Gasteiger partial charge in [0, 0.05) is 17.3 Å². The maximum atomic E-state index is 13.3. The quantitative estimate of drug-likeness (QED) is 0.775. The van der Waals surface area contributed by atoms with Crippen LogP contribution in [0.2, 0.25) is 0 Å². The highest BCUT2D eigenvalue weighted by molar-refractivity contribution is 5.44. The van der Waals surface area contributed by atoms with Gasteiger partial charge < -0.3 is 5.73 Å². The number of nitrogens with zero attached hydrogens (tertiary/aromatic N) is 2. The predicted molar refractivity (Wildman–Crippen MR) is 57.4 cm³/mol. The third-order valence-corrected chi connectivity index (χ3v) is 2.42. The Morgan fingerprint density at radius 1 is 1.33 bits per heavy atom. The van der Waals surface area contributed by atoms with E-state index in [0.717, 1.165) is 11.3 Å². The van der Waals surface area contributed by atoms with Crippen LogP contribution in [0.5, 0.6) is 0 Å². The van der Waals surface area contributed by atoms with E-state index < -0.39 is 0 Å². The van der Waals surface area contributed by atoms with Gasteiger partial charge in [0.1, 0.15) is 11.6 Å². The number of nitrogen functional groups attached to an aromatic ring is 1. The maximum absolute atomic E-state index is 13.3. The van der Waals surface area contributed by atoms with Crippen molar-refractivity contribution < 1.29 is 4.39 Å². The molecule has 1 aromatic carbocycles. The van der Waals surface area contributed by atoms with Crippen molar-refractivity contribution in [1.82, 2.24) is 9.78 Å². The van der Waals surface area contributed by atoms with Gasteiger partial charge in [0.15, 0.2) is 0 Å². The van der Waals surface area contributed by atoms with Gasteiger partial charge in [0.05, 0.1) is 5.69 Å². The number of hydrogen-bond acceptors (Lipinski definition) is 2. The normalized spacial score (nSPS) is 10.6. The summed E-state index contributed by atoms with van der Waals surface area (Å²) < 4.78 is 14.9. The molecule has 0 spiro atoms. The Hall–Kier alpha value is -1.84. The molecule has 0 amide bonds. The summed E-state index contributed by atoms with van der Waals surface area (Å²) >= 11 is 0. The van der Waals surface area contributed by atoms with Crippen LogP contribution in [-0.2, 0) is 0 Å². The number of anilines is 1. The van der Waals surface area contributed by atoms with Crippen molar-refractivity contribution in [3.8, 4) is 5.69 Å². The maximum Gasteiger partial charge on any atom is 0.148 e. The molecule has 2 rings (SSSR count). The van der Waals surface area contributed by atoms with Crippen molar-refractivity contribution in [1.29, 1.82) is 0 Å². The third kappa shape index (κ3) is 1.58. The molecule has 0 fully saturated rings. The Morgan fingerprint density at radius 2 is 2.07 bits per heavy atom. The van der Waals surface area contributed by atoms with Gasteiger partial charge in [-0.3, -0.25) is 0 Å². The molecule has 0 unspecified atom stereocenters. The van der Waals surface area contributed by atoms with Crippen LogP contribution in [0.3, 0.4) is 0 Å². The Labute approximate surface area is 87.3 Å². The van der Waals surface area contributed by atoms with E-state index in [4.69, 9.17) is 5.73 Å². The first-order chi connectivity index (χ1) is 7.09. The largest absolute Gasteiger partial charge is 0.382 e. The Balaban J connectivity index is 2.59. The zero-order chi connectivity index (χ0) is 11.0. The average molecular weight is 205 g/mol. The second-order valence-corrected chi connectivity index (χ2v) is 3.53. The molecule has 0 aliphatic rings. The molecule has 0 aliphatic carbocycles. The van der Waals surface area contributed by atoms with Gasteiger partial charge in [-0.2, -0.15) is 5.10 Å². The van der Waals surface area contributed by atoms with E-state index >= 15 is 0 Å². The van der Waals surface area contributed by atoms with Gasteiger partial charge in [-0.1, -0.05) is 6.07 Å². The lowest BCUT2D eigenvalue weighted by Crippen LogP contribution is -2.00. The summed E-state index contributed by atoms with van der Waals surface area (Å²) in [6, 6.07) is 4.90. The van der Waals surface area contributed by atoms with Crippen molar-refractivity contribution in [2.24, 2.45) is 0 Å². The molecule has 0 bridgehead atoms.